The van der Waals surface area contributed by atoms with Gasteiger partial charge >= 0.3 is 0 Å². The number of halogens is 1. The van der Waals surface area contributed by atoms with Crippen molar-refractivity contribution in [2.45, 2.75) is 26.1 Å². The Morgan fingerprint density at radius 3 is 2.41 bits per heavy atom. The number of aliphatic imine (C=N–C) groups is 1. The molecule has 3 rings (SSSR count). The summed E-state index contributed by atoms with van der Waals surface area (Å²) >= 11 is 0. The van der Waals surface area contributed by atoms with Crippen LogP contribution in [0.3, 0.4) is 0 Å². The minimum atomic E-state index is -0.0518. The van der Waals surface area contributed by atoms with E-state index in [1.807, 2.05) is 24.3 Å². The summed E-state index contributed by atoms with van der Waals surface area (Å²) in [5.41, 5.74) is 2.49. The first-order valence-electron chi connectivity index (χ1n) is 9.77. The molecule has 0 aliphatic carbocycles. The Hall–Kier alpha value is -2.00. The number of hydrogen-bond donors (Lipinski definition) is 2. The first-order valence-corrected chi connectivity index (χ1v) is 9.77. The molecule has 1 unspecified atom stereocenters. The van der Waals surface area contributed by atoms with Crippen LogP contribution in [0.5, 0.6) is 11.5 Å². The fraction of sp³-hybridized carbons (Fsp3) is 0.409. The van der Waals surface area contributed by atoms with E-state index < -0.39 is 0 Å². The predicted molar refractivity (Wildman–Crippen MR) is 128 cm³/mol. The van der Waals surface area contributed by atoms with Gasteiger partial charge < -0.3 is 25.0 Å². The fourth-order valence-corrected chi connectivity index (χ4v) is 3.00. The van der Waals surface area contributed by atoms with Crippen LogP contribution in [0.25, 0.3) is 0 Å². The summed E-state index contributed by atoms with van der Waals surface area (Å²) in [6, 6.07) is 16.4. The summed E-state index contributed by atoms with van der Waals surface area (Å²) in [5, 5.41) is 6.64. The molecule has 0 spiro atoms. The van der Waals surface area contributed by atoms with Gasteiger partial charge in [0.2, 0.25) is 0 Å². The molecule has 0 bridgehead atoms. The van der Waals surface area contributed by atoms with E-state index >= 15 is 0 Å². The molecule has 1 aliphatic rings. The van der Waals surface area contributed by atoms with E-state index in [0.717, 1.165) is 30.5 Å². The molecule has 2 N–H and O–H groups in total. The number of hydrogen-bond acceptors (Lipinski definition) is 4. The molecule has 0 saturated heterocycles. The highest BCUT2D eigenvalue weighted by molar-refractivity contribution is 14.0. The van der Waals surface area contributed by atoms with Crippen LogP contribution in [0.2, 0.25) is 0 Å². The molecule has 0 saturated carbocycles. The zero-order valence-corrected chi connectivity index (χ0v) is 19.7. The molecule has 29 heavy (non-hydrogen) atoms. The van der Waals surface area contributed by atoms with Crippen molar-refractivity contribution < 1.29 is 9.47 Å². The van der Waals surface area contributed by atoms with Crippen LogP contribution in [0.1, 0.15) is 18.1 Å². The van der Waals surface area contributed by atoms with Crippen molar-refractivity contribution in [2.24, 2.45) is 4.99 Å². The normalized spacial score (nSPS) is 15.6. The summed E-state index contributed by atoms with van der Waals surface area (Å²) in [4.78, 5) is 6.85. The topological polar surface area (TPSA) is 58.1 Å². The third-order valence-electron chi connectivity index (χ3n) is 4.35. The summed E-state index contributed by atoms with van der Waals surface area (Å²) in [5.74, 6) is 2.37. The largest absolute Gasteiger partial charge is 0.486 e. The van der Waals surface area contributed by atoms with Crippen molar-refractivity contribution in [3.05, 3.63) is 59.7 Å². The summed E-state index contributed by atoms with van der Waals surface area (Å²) < 4.78 is 11.8. The maximum absolute atomic E-state index is 5.99. The van der Waals surface area contributed by atoms with Crippen molar-refractivity contribution in [2.75, 3.05) is 33.8 Å². The molecule has 0 aromatic heterocycles. The van der Waals surface area contributed by atoms with E-state index in [0.29, 0.717) is 19.7 Å². The van der Waals surface area contributed by atoms with Crippen LogP contribution in [-0.4, -0.2) is 50.8 Å². The lowest BCUT2D eigenvalue weighted by molar-refractivity contribution is 0.0936. The third-order valence-corrected chi connectivity index (χ3v) is 4.35. The van der Waals surface area contributed by atoms with Crippen LogP contribution in [0.4, 0.5) is 0 Å². The second kappa shape index (κ2) is 11.9. The minimum absolute atomic E-state index is 0. The molecule has 0 fully saturated rings. The average Bonchev–Trinajstić information content (AvgIpc) is 2.70. The molecule has 7 heteroatoms. The van der Waals surface area contributed by atoms with Gasteiger partial charge in [0.25, 0.3) is 0 Å². The van der Waals surface area contributed by atoms with Crippen LogP contribution in [0.15, 0.2) is 53.5 Å². The van der Waals surface area contributed by atoms with Gasteiger partial charge in [0.15, 0.2) is 17.5 Å². The molecule has 1 aliphatic heterocycles. The highest BCUT2D eigenvalue weighted by Gasteiger charge is 2.20. The smallest absolute Gasteiger partial charge is 0.191 e. The molecular formula is C22H31IN4O2. The SMILES string of the molecule is CCNC(=NCc1ccc(CN(C)C)cc1)NCC1COc2ccccc2O1.I. The van der Waals surface area contributed by atoms with Gasteiger partial charge in [0, 0.05) is 13.1 Å². The van der Waals surface area contributed by atoms with Gasteiger partial charge in [-0.3, -0.25) is 0 Å². The van der Waals surface area contributed by atoms with E-state index in [4.69, 9.17) is 14.5 Å². The Bertz CT molecular complexity index is 781. The van der Waals surface area contributed by atoms with Crippen LogP contribution in [0, 0.1) is 0 Å². The van der Waals surface area contributed by atoms with Gasteiger partial charge in [-0.05, 0) is 44.3 Å². The van der Waals surface area contributed by atoms with E-state index in [1.165, 1.54) is 11.1 Å². The molecule has 158 valence electrons. The highest BCUT2D eigenvalue weighted by atomic mass is 127. The fourth-order valence-electron chi connectivity index (χ4n) is 3.00. The standard InChI is InChI=1S/C22H30N4O2.HI/c1-4-23-22(24-13-17-9-11-18(12-10-17)15-26(2)3)25-14-19-16-27-20-7-5-6-8-21(20)28-19;/h5-12,19H,4,13-16H2,1-3H3,(H2,23,24,25);1H. The number of nitrogens with zero attached hydrogens (tertiary/aromatic N) is 2. The molecule has 2 aromatic rings. The van der Waals surface area contributed by atoms with Crippen LogP contribution < -0.4 is 20.1 Å². The molecule has 2 aromatic carbocycles. The molecular weight excluding hydrogens is 479 g/mol. The number of nitrogens with one attached hydrogen (secondary N) is 2. The lowest BCUT2D eigenvalue weighted by Crippen LogP contribution is -2.45. The van der Waals surface area contributed by atoms with Gasteiger partial charge in [-0.1, -0.05) is 36.4 Å². The molecule has 1 atom stereocenters. The van der Waals surface area contributed by atoms with E-state index in [-0.39, 0.29) is 30.1 Å². The molecule has 0 amide bonds. The van der Waals surface area contributed by atoms with Crippen molar-refractivity contribution in [3.8, 4) is 11.5 Å². The average molecular weight is 510 g/mol. The third kappa shape index (κ3) is 7.40. The van der Waals surface area contributed by atoms with Crippen LogP contribution >= 0.6 is 24.0 Å². The van der Waals surface area contributed by atoms with Gasteiger partial charge in [0.1, 0.15) is 12.7 Å². The zero-order valence-electron chi connectivity index (χ0n) is 17.4. The Balaban J connectivity index is 0.00000300. The number of guanidine groups is 1. The minimum Gasteiger partial charge on any atom is -0.486 e. The highest BCUT2D eigenvalue weighted by Crippen LogP contribution is 2.30. The van der Waals surface area contributed by atoms with Crippen molar-refractivity contribution in [1.29, 1.82) is 0 Å². The first-order chi connectivity index (χ1) is 13.6. The Labute approximate surface area is 190 Å². The Kier molecular flexibility index (Phi) is 9.53. The number of ether oxygens (including phenoxy) is 2. The summed E-state index contributed by atoms with van der Waals surface area (Å²) in [7, 11) is 4.15. The van der Waals surface area contributed by atoms with Crippen molar-refractivity contribution in [1.82, 2.24) is 15.5 Å². The maximum Gasteiger partial charge on any atom is 0.191 e. The lowest BCUT2D eigenvalue weighted by atomic mass is 10.1. The van der Waals surface area contributed by atoms with Gasteiger partial charge in [0.05, 0.1) is 13.1 Å². The van der Waals surface area contributed by atoms with E-state index in [2.05, 4.69) is 60.8 Å². The monoisotopic (exact) mass is 510 g/mol. The van der Waals surface area contributed by atoms with Gasteiger partial charge in [-0.15, -0.1) is 24.0 Å². The summed E-state index contributed by atoms with van der Waals surface area (Å²) in [6.45, 7) is 5.59. The zero-order chi connectivity index (χ0) is 19.8. The number of fused-ring (bicyclic) bond motifs is 1. The van der Waals surface area contributed by atoms with Crippen molar-refractivity contribution in [3.63, 3.8) is 0 Å². The number of para-hydroxylation sites is 2. The predicted octanol–water partition coefficient (Wildman–Crippen LogP) is 3.26. The second-order valence-electron chi connectivity index (χ2n) is 7.13. The Morgan fingerprint density at radius 1 is 1.03 bits per heavy atom. The van der Waals surface area contributed by atoms with Crippen molar-refractivity contribution >= 4 is 29.9 Å². The van der Waals surface area contributed by atoms with Crippen LogP contribution in [-0.2, 0) is 13.1 Å². The maximum atomic E-state index is 5.99. The van der Waals surface area contributed by atoms with E-state index in [1.54, 1.807) is 0 Å². The van der Waals surface area contributed by atoms with Gasteiger partial charge in [-0.2, -0.15) is 0 Å². The van der Waals surface area contributed by atoms with Gasteiger partial charge in [-0.25, -0.2) is 4.99 Å². The quantitative estimate of drug-likeness (QED) is 0.340. The number of rotatable bonds is 7. The lowest BCUT2D eigenvalue weighted by Gasteiger charge is -2.27. The summed E-state index contributed by atoms with van der Waals surface area (Å²) in [6.07, 6.45) is -0.0518. The Morgan fingerprint density at radius 2 is 1.72 bits per heavy atom. The number of benzene rings is 2. The van der Waals surface area contributed by atoms with E-state index in [9.17, 15) is 0 Å². The molecule has 0 radical (unpaired) electrons. The molecule has 6 nitrogen and oxygen atoms in total. The second-order valence-corrected chi connectivity index (χ2v) is 7.13. The molecule has 1 heterocycles. The first kappa shape index (κ1) is 23.3.